The van der Waals surface area contributed by atoms with Crippen molar-refractivity contribution in [2.75, 3.05) is 5.75 Å². The molecule has 5 nitrogen and oxygen atoms in total. The number of rotatable bonds is 7. The number of aryl methyl sites for hydroxylation is 1. The van der Waals surface area contributed by atoms with Gasteiger partial charge >= 0.3 is 0 Å². The minimum Gasteiger partial charge on any atom is -0.349 e. The van der Waals surface area contributed by atoms with E-state index >= 15 is 0 Å². The van der Waals surface area contributed by atoms with Crippen molar-refractivity contribution in [3.63, 3.8) is 0 Å². The average molecular weight is 411 g/mol. The van der Waals surface area contributed by atoms with Gasteiger partial charge in [0.1, 0.15) is 5.82 Å². The number of benzene rings is 1. The van der Waals surface area contributed by atoms with E-state index in [0.29, 0.717) is 18.2 Å². The highest BCUT2D eigenvalue weighted by Crippen LogP contribution is 2.33. The fraction of sp³-hybridized carbons (Fsp3) is 0.522. The van der Waals surface area contributed by atoms with Crippen LogP contribution in [0.3, 0.4) is 0 Å². The van der Waals surface area contributed by atoms with Gasteiger partial charge in [0, 0.05) is 12.5 Å². The standard InChI is InChI=1S/C23H30N4OS/c1-2-15-27-22(18-10-4-3-5-11-18)25-26-23(27)29-16-21(28)24-20-14-8-12-17-9-6-7-13-19(17)20/h2,6-7,9,13,18,20H,1,3-5,8,10-12,14-16H2,(H,24,28). The van der Waals surface area contributed by atoms with Gasteiger partial charge in [-0.15, -0.1) is 16.8 Å². The molecule has 1 unspecified atom stereocenters. The molecule has 1 amide bonds. The molecule has 2 aromatic rings. The van der Waals surface area contributed by atoms with Gasteiger partial charge in [-0.1, -0.05) is 61.4 Å². The number of thioether (sulfide) groups is 1. The van der Waals surface area contributed by atoms with Crippen LogP contribution in [0.5, 0.6) is 0 Å². The zero-order valence-corrected chi connectivity index (χ0v) is 17.8. The Morgan fingerprint density at radius 1 is 1.17 bits per heavy atom. The third-order valence-electron chi connectivity index (χ3n) is 6.06. The normalized spacial score (nSPS) is 19.5. The first-order valence-electron chi connectivity index (χ1n) is 10.8. The Morgan fingerprint density at radius 3 is 2.83 bits per heavy atom. The maximum absolute atomic E-state index is 12.7. The molecule has 29 heavy (non-hydrogen) atoms. The summed E-state index contributed by atoms with van der Waals surface area (Å²) in [5.74, 6) is 1.97. The Balaban J connectivity index is 1.39. The van der Waals surface area contributed by atoms with Crippen LogP contribution in [0.25, 0.3) is 0 Å². The monoisotopic (exact) mass is 410 g/mol. The Labute approximate surface area is 177 Å². The summed E-state index contributed by atoms with van der Waals surface area (Å²) in [5.41, 5.74) is 2.63. The van der Waals surface area contributed by atoms with Crippen molar-refractivity contribution in [2.45, 2.75) is 75.0 Å². The number of carbonyl (C=O) groups excluding carboxylic acids is 1. The average Bonchev–Trinajstić information content (AvgIpc) is 3.16. The summed E-state index contributed by atoms with van der Waals surface area (Å²) in [6.07, 6.45) is 11.3. The van der Waals surface area contributed by atoms with Gasteiger partial charge in [-0.2, -0.15) is 0 Å². The third-order valence-corrected chi connectivity index (χ3v) is 7.03. The molecule has 0 saturated heterocycles. The molecule has 1 heterocycles. The lowest BCUT2D eigenvalue weighted by Gasteiger charge is -2.26. The van der Waals surface area contributed by atoms with Crippen molar-refractivity contribution in [1.29, 1.82) is 0 Å². The number of hydrogen-bond acceptors (Lipinski definition) is 4. The summed E-state index contributed by atoms with van der Waals surface area (Å²) < 4.78 is 2.15. The second-order valence-electron chi connectivity index (χ2n) is 8.07. The fourth-order valence-corrected chi connectivity index (χ4v) is 5.41. The van der Waals surface area contributed by atoms with Crippen molar-refractivity contribution in [1.82, 2.24) is 20.1 Å². The molecule has 1 N–H and O–H groups in total. The van der Waals surface area contributed by atoms with Crippen LogP contribution in [0.15, 0.2) is 42.1 Å². The van der Waals surface area contributed by atoms with Crippen LogP contribution >= 0.6 is 11.8 Å². The number of carbonyl (C=O) groups is 1. The van der Waals surface area contributed by atoms with Crippen LogP contribution in [-0.2, 0) is 17.8 Å². The quantitative estimate of drug-likeness (QED) is 0.526. The summed E-state index contributed by atoms with van der Waals surface area (Å²) in [6, 6.07) is 8.58. The molecule has 0 bridgehead atoms. The fourth-order valence-electron chi connectivity index (χ4n) is 4.64. The largest absolute Gasteiger partial charge is 0.349 e. The highest BCUT2D eigenvalue weighted by Gasteiger charge is 2.24. The lowest BCUT2D eigenvalue weighted by molar-refractivity contribution is -0.119. The summed E-state index contributed by atoms with van der Waals surface area (Å²) >= 11 is 1.48. The molecule has 2 aliphatic carbocycles. The van der Waals surface area contributed by atoms with Gasteiger partial charge in [-0.25, -0.2) is 0 Å². The van der Waals surface area contributed by atoms with Gasteiger partial charge < -0.3 is 9.88 Å². The van der Waals surface area contributed by atoms with E-state index < -0.39 is 0 Å². The van der Waals surface area contributed by atoms with Crippen molar-refractivity contribution in [2.24, 2.45) is 0 Å². The first-order chi connectivity index (χ1) is 14.3. The first-order valence-corrected chi connectivity index (χ1v) is 11.8. The number of allylic oxidation sites excluding steroid dienone is 1. The van der Waals surface area contributed by atoms with Crippen molar-refractivity contribution in [3.05, 3.63) is 53.9 Å². The molecule has 0 radical (unpaired) electrons. The maximum atomic E-state index is 12.7. The van der Waals surface area contributed by atoms with Crippen molar-refractivity contribution < 1.29 is 4.79 Å². The number of nitrogens with one attached hydrogen (secondary N) is 1. The second-order valence-corrected chi connectivity index (χ2v) is 9.02. The van der Waals surface area contributed by atoms with Crippen LogP contribution in [0, 0.1) is 0 Å². The number of fused-ring (bicyclic) bond motifs is 1. The van der Waals surface area contributed by atoms with Crippen LogP contribution < -0.4 is 5.32 Å². The van der Waals surface area contributed by atoms with E-state index in [2.05, 4.69) is 50.9 Å². The van der Waals surface area contributed by atoms with Gasteiger partial charge in [0.25, 0.3) is 0 Å². The van der Waals surface area contributed by atoms with Crippen LogP contribution in [0.2, 0.25) is 0 Å². The van der Waals surface area contributed by atoms with E-state index in [-0.39, 0.29) is 11.9 Å². The number of hydrogen-bond donors (Lipinski definition) is 1. The molecule has 4 rings (SSSR count). The Bertz CT molecular complexity index is 856. The van der Waals surface area contributed by atoms with Crippen LogP contribution in [0.1, 0.15) is 73.9 Å². The maximum Gasteiger partial charge on any atom is 0.230 e. The molecular formula is C23H30N4OS. The van der Waals surface area contributed by atoms with Gasteiger partial charge in [-0.05, 0) is 43.2 Å². The Morgan fingerprint density at radius 2 is 2.00 bits per heavy atom. The Hall–Kier alpha value is -2.08. The third kappa shape index (κ3) is 4.74. The molecule has 1 saturated carbocycles. The van der Waals surface area contributed by atoms with Gasteiger partial charge in [0.2, 0.25) is 5.91 Å². The van der Waals surface area contributed by atoms with Crippen LogP contribution in [0.4, 0.5) is 0 Å². The smallest absolute Gasteiger partial charge is 0.230 e. The molecule has 0 aliphatic heterocycles. The van der Waals surface area contributed by atoms with Gasteiger partial charge in [0.15, 0.2) is 5.16 Å². The molecule has 1 atom stereocenters. The highest BCUT2D eigenvalue weighted by atomic mass is 32.2. The van der Waals surface area contributed by atoms with Gasteiger partial charge in [0.05, 0.1) is 11.8 Å². The lowest BCUT2D eigenvalue weighted by atomic mass is 9.88. The molecule has 0 spiro atoms. The van der Waals surface area contributed by atoms with E-state index in [0.717, 1.165) is 30.2 Å². The topological polar surface area (TPSA) is 59.8 Å². The first kappa shape index (κ1) is 20.2. The van der Waals surface area contributed by atoms with E-state index in [1.807, 2.05) is 6.08 Å². The molecule has 6 heteroatoms. The lowest BCUT2D eigenvalue weighted by Crippen LogP contribution is -2.32. The van der Waals surface area contributed by atoms with Crippen molar-refractivity contribution >= 4 is 17.7 Å². The zero-order valence-electron chi connectivity index (χ0n) is 17.0. The second kappa shape index (κ2) is 9.61. The van der Waals surface area contributed by atoms with Gasteiger partial charge in [-0.3, -0.25) is 4.79 Å². The molecule has 1 fully saturated rings. The summed E-state index contributed by atoms with van der Waals surface area (Å²) in [4.78, 5) is 12.7. The number of aromatic nitrogens is 3. The minimum absolute atomic E-state index is 0.0593. The van der Waals surface area contributed by atoms with E-state index in [9.17, 15) is 4.79 Å². The molecule has 154 valence electrons. The van der Waals surface area contributed by atoms with Crippen LogP contribution in [-0.4, -0.2) is 26.4 Å². The van der Waals surface area contributed by atoms with E-state index in [1.165, 1.54) is 55.0 Å². The molecular weight excluding hydrogens is 380 g/mol. The molecule has 1 aromatic carbocycles. The van der Waals surface area contributed by atoms with E-state index in [4.69, 9.17) is 0 Å². The van der Waals surface area contributed by atoms with E-state index in [1.54, 1.807) is 0 Å². The predicted molar refractivity (Wildman–Crippen MR) is 117 cm³/mol. The van der Waals surface area contributed by atoms with Crippen molar-refractivity contribution in [3.8, 4) is 0 Å². The SMILES string of the molecule is C=CCn1c(SCC(=O)NC2CCCc3ccccc32)nnc1C1CCCCC1. The summed E-state index contributed by atoms with van der Waals surface area (Å²) in [5, 5.41) is 13.0. The summed E-state index contributed by atoms with van der Waals surface area (Å²) in [6.45, 7) is 4.59. The zero-order chi connectivity index (χ0) is 20.1. The number of nitrogens with zero attached hydrogens (tertiary/aromatic N) is 3. The highest BCUT2D eigenvalue weighted by molar-refractivity contribution is 7.99. The Kier molecular flexibility index (Phi) is 6.70. The molecule has 2 aliphatic rings. The molecule has 1 aromatic heterocycles. The minimum atomic E-state index is 0.0593. The predicted octanol–water partition coefficient (Wildman–Crippen LogP) is 4.80. The summed E-state index contributed by atoms with van der Waals surface area (Å²) in [7, 11) is 0. The number of amides is 1.